The van der Waals surface area contributed by atoms with Gasteiger partial charge in [0, 0.05) is 20.3 Å². The molecule has 0 aromatic heterocycles. The van der Waals surface area contributed by atoms with Gasteiger partial charge in [-0.3, -0.25) is 9.59 Å². The van der Waals surface area contributed by atoms with Gasteiger partial charge < -0.3 is 14.8 Å². The maximum absolute atomic E-state index is 11.6. The number of carbonyl (C=O) groups excluding carboxylic acids is 2. The van der Waals surface area contributed by atoms with Crippen molar-refractivity contribution in [1.29, 1.82) is 0 Å². The van der Waals surface area contributed by atoms with E-state index >= 15 is 0 Å². The van der Waals surface area contributed by atoms with Crippen LogP contribution in [-0.4, -0.2) is 39.2 Å². The first kappa shape index (κ1) is 12.0. The van der Waals surface area contributed by atoms with Crippen LogP contribution in [0.3, 0.4) is 0 Å². The molecule has 0 aliphatic heterocycles. The summed E-state index contributed by atoms with van der Waals surface area (Å²) < 4.78 is 9.45. The summed E-state index contributed by atoms with van der Waals surface area (Å²) in [5.41, 5.74) is -0.887. The fourth-order valence-corrected chi connectivity index (χ4v) is 1.43. The lowest BCUT2D eigenvalue weighted by atomic mass is 10.1. The zero-order valence-corrected chi connectivity index (χ0v) is 9.17. The second kappa shape index (κ2) is 5.11. The smallest absolute Gasteiger partial charge is 0.321 e. The molecule has 0 bridgehead atoms. The molecule has 0 atom stereocenters. The second-order valence-corrected chi connectivity index (χ2v) is 3.68. The topological polar surface area (TPSA) is 64.6 Å². The van der Waals surface area contributed by atoms with Crippen LogP contribution >= 0.6 is 0 Å². The number of methoxy groups -OCH3 is 2. The summed E-state index contributed by atoms with van der Waals surface area (Å²) in [4.78, 5) is 23.0. The number of esters is 1. The minimum Gasteiger partial charge on any atom is -0.468 e. The Balaban J connectivity index is 2.31. The van der Waals surface area contributed by atoms with E-state index in [0.29, 0.717) is 26.0 Å². The molecule has 0 radical (unpaired) electrons. The first-order valence-corrected chi connectivity index (χ1v) is 5.03. The average molecular weight is 215 g/mol. The first-order valence-electron chi connectivity index (χ1n) is 5.03. The van der Waals surface area contributed by atoms with E-state index < -0.39 is 11.4 Å². The molecule has 0 heterocycles. The van der Waals surface area contributed by atoms with E-state index in [1.165, 1.54) is 7.11 Å². The Morgan fingerprint density at radius 3 is 2.47 bits per heavy atom. The Hall–Kier alpha value is -1.10. The zero-order chi connectivity index (χ0) is 11.3. The zero-order valence-electron chi connectivity index (χ0n) is 9.17. The van der Waals surface area contributed by atoms with Crippen molar-refractivity contribution in [2.45, 2.75) is 19.3 Å². The van der Waals surface area contributed by atoms with Crippen molar-refractivity contribution >= 4 is 11.9 Å². The predicted molar refractivity (Wildman–Crippen MR) is 53.2 cm³/mol. The maximum Gasteiger partial charge on any atom is 0.321 e. The molecular weight excluding hydrogens is 198 g/mol. The van der Waals surface area contributed by atoms with Gasteiger partial charge in [-0.15, -0.1) is 0 Å². The molecule has 1 fully saturated rings. The fraction of sp³-hybridized carbons (Fsp3) is 0.800. The third kappa shape index (κ3) is 2.68. The third-order valence-electron chi connectivity index (χ3n) is 2.57. The van der Waals surface area contributed by atoms with Crippen LogP contribution in [0, 0.1) is 5.41 Å². The highest BCUT2D eigenvalue weighted by atomic mass is 16.5. The summed E-state index contributed by atoms with van der Waals surface area (Å²) in [6.07, 6.45) is 1.94. The molecule has 0 aromatic rings. The van der Waals surface area contributed by atoms with Gasteiger partial charge in [0.1, 0.15) is 5.41 Å². The largest absolute Gasteiger partial charge is 0.468 e. The Morgan fingerprint density at radius 2 is 2.00 bits per heavy atom. The summed E-state index contributed by atoms with van der Waals surface area (Å²) in [6.45, 7) is 1.14. The average Bonchev–Trinajstić information content (AvgIpc) is 3.04. The van der Waals surface area contributed by atoms with Crippen LogP contribution in [0.15, 0.2) is 0 Å². The molecule has 1 rings (SSSR count). The van der Waals surface area contributed by atoms with E-state index in [-0.39, 0.29) is 5.91 Å². The van der Waals surface area contributed by atoms with Crippen molar-refractivity contribution in [2.75, 3.05) is 27.4 Å². The first-order chi connectivity index (χ1) is 7.17. The van der Waals surface area contributed by atoms with Gasteiger partial charge in [0.15, 0.2) is 0 Å². The molecule has 0 aromatic carbocycles. The molecule has 86 valence electrons. The standard InChI is InChI=1S/C10H17NO4/c1-14-7-3-6-11-8(12)10(4-5-10)9(13)15-2/h3-7H2,1-2H3,(H,11,12). The van der Waals surface area contributed by atoms with Crippen molar-refractivity contribution in [3.8, 4) is 0 Å². The number of nitrogens with one attached hydrogen (secondary N) is 1. The Bertz CT molecular complexity index is 248. The van der Waals surface area contributed by atoms with Crippen LogP contribution in [0.25, 0.3) is 0 Å². The van der Waals surface area contributed by atoms with E-state index in [9.17, 15) is 9.59 Å². The Morgan fingerprint density at radius 1 is 1.33 bits per heavy atom. The lowest BCUT2D eigenvalue weighted by Crippen LogP contribution is -2.38. The highest BCUT2D eigenvalue weighted by Crippen LogP contribution is 2.46. The van der Waals surface area contributed by atoms with Crippen LogP contribution in [-0.2, 0) is 19.1 Å². The molecule has 1 saturated carbocycles. The van der Waals surface area contributed by atoms with E-state index in [2.05, 4.69) is 10.1 Å². The van der Waals surface area contributed by atoms with Crippen molar-refractivity contribution < 1.29 is 19.1 Å². The summed E-state index contributed by atoms with van der Waals surface area (Å²) in [5, 5.41) is 2.72. The van der Waals surface area contributed by atoms with Crippen molar-refractivity contribution in [2.24, 2.45) is 5.41 Å². The summed E-state index contributed by atoms with van der Waals surface area (Å²) in [6, 6.07) is 0. The molecule has 1 amide bonds. The van der Waals surface area contributed by atoms with Crippen molar-refractivity contribution in [3.05, 3.63) is 0 Å². The van der Waals surface area contributed by atoms with Gasteiger partial charge in [-0.1, -0.05) is 0 Å². The second-order valence-electron chi connectivity index (χ2n) is 3.68. The number of amides is 1. The van der Waals surface area contributed by atoms with Crippen molar-refractivity contribution in [1.82, 2.24) is 5.32 Å². The lowest BCUT2D eigenvalue weighted by molar-refractivity contribution is -0.152. The normalized spacial score (nSPS) is 16.9. The quantitative estimate of drug-likeness (QED) is 0.387. The van der Waals surface area contributed by atoms with Crippen LogP contribution in [0.1, 0.15) is 19.3 Å². The third-order valence-corrected chi connectivity index (χ3v) is 2.57. The van der Waals surface area contributed by atoms with Gasteiger partial charge in [0.05, 0.1) is 7.11 Å². The van der Waals surface area contributed by atoms with E-state index in [4.69, 9.17) is 4.74 Å². The van der Waals surface area contributed by atoms with Gasteiger partial charge >= 0.3 is 5.97 Å². The molecule has 1 N–H and O–H groups in total. The number of hydrogen-bond donors (Lipinski definition) is 1. The number of hydrogen-bond acceptors (Lipinski definition) is 4. The number of carbonyl (C=O) groups is 2. The number of ether oxygens (including phenoxy) is 2. The molecule has 0 unspecified atom stereocenters. The number of rotatable bonds is 6. The molecule has 5 heteroatoms. The monoisotopic (exact) mass is 215 g/mol. The molecule has 0 saturated heterocycles. The van der Waals surface area contributed by atoms with Crippen LogP contribution in [0.2, 0.25) is 0 Å². The van der Waals surface area contributed by atoms with Gasteiger partial charge in [-0.2, -0.15) is 0 Å². The molecule has 1 aliphatic carbocycles. The van der Waals surface area contributed by atoms with Crippen molar-refractivity contribution in [3.63, 3.8) is 0 Å². The highest BCUT2D eigenvalue weighted by Gasteiger charge is 2.57. The minimum absolute atomic E-state index is 0.217. The van der Waals surface area contributed by atoms with Gasteiger partial charge in [-0.05, 0) is 19.3 Å². The van der Waals surface area contributed by atoms with Crippen LogP contribution < -0.4 is 5.32 Å². The Kier molecular flexibility index (Phi) is 4.08. The van der Waals surface area contributed by atoms with Gasteiger partial charge in [-0.25, -0.2) is 0 Å². The summed E-state index contributed by atoms with van der Waals surface area (Å²) in [7, 11) is 2.92. The summed E-state index contributed by atoms with van der Waals surface area (Å²) >= 11 is 0. The van der Waals surface area contributed by atoms with Crippen LogP contribution in [0.5, 0.6) is 0 Å². The van der Waals surface area contributed by atoms with Crippen LogP contribution in [0.4, 0.5) is 0 Å². The van der Waals surface area contributed by atoms with E-state index in [1.54, 1.807) is 7.11 Å². The molecule has 0 spiro atoms. The lowest BCUT2D eigenvalue weighted by Gasteiger charge is -2.12. The molecule has 15 heavy (non-hydrogen) atoms. The van der Waals surface area contributed by atoms with E-state index in [1.807, 2.05) is 0 Å². The highest BCUT2D eigenvalue weighted by molar-refractivity contribution is 6.05. The molecule has 1 aliphatic rings. The fourth-order valence-electron chi connectivity index (χ4n) is 1.43. The SMILES string of the molecule is COCCCNC(=O)C1(C(=O)OC)CC1. The molecular formula is C10H17NO4. The maximum atomic E-state index is 11.6. The summed E-state index contributed by atoms with van der Waals surface area (Å²) in [5.74, 6) is -0.641. The Labute approximate surface area is 89.1 Å². The van der Waals surface area contributed by atoms with Gasteiger partial charge in [0.2, 0.25) is 5.91 Å². The minimum atomic E-state index is -0.887. The molecule has 5 nitrogen and oxygen atoms in total. The van der Waals surface area contributed by atoms with E-state index in [0.717, 1.165) is 6.42 Å². The predicted octanol–water partition coefficient (Wildman–Crippen LogP) is 0.0923. The van der Waals surface area contributed by atoms with Gasteiger partial charge in [0.25, 0.3) is 0 Å².